The van der Waals surface area contributed by atoms with Crippen LogP contribution in [0.15, 0.2) is 43.0 Å². The van der Waals surface area contributed by atoms with Gasteiger partial charge in [0.1, 0.15) is 11.4 Å². The molecule has 0 heterocycles. The zero-order valence-electron chi connectivity index (χ0n) is 17.6. The SMILES string of the molecule is C=C(O)c1cc(C2(OC(C)(C)C(O)(C(F)(F)F)C(F)(F)F)CCCC2)c2ccccc2c1. The molecule has 176 valence electrons. The van der Waals surface area contributed by atoms with Crippen molar-refractivity contribution < 1.29 is 41.3 Å². The van der Waals surface area contributed by atoms with Gasteiger partial charge in [0, 0.05) is 5.56 Å². The Hall–Kier alpha value is -2.26. The van der Waals surface area contributed by atoms with Crippen molar-refractivity contribution in [2.45, 2.75) is 68.7 Å². The second-order valence-electron chi connectivity index (χ2n) is 8.71. The highest BCUT2D eigenvalue weighted by Crippen LogP contribution is 2.55. The minimum atomic E-state index is -6.03. The van der Waals surface area contributed by atoms with Gasteiger partial charge < -0.3 is 14.9 Å². The van der Waals surface area contributed by atoms with E-state index in [0.717, 1.165) is 0 Å². The molecule has 3 nitrogen and oxygen atoms in total. The van der Waals surface area contributed by atoms with Gasteiger partial charge in [-0.2, -0.15) is 26.3 Å². The number of hydrogen-bond donors (Lipinski definition) is 2. The minimum absolute atomic E-state index is 0.146. The molecule has 0 unspecified atom stereocenters. The van der Waals surface area contributed by atoms with E-state index in [2.05, 4.69) is 6.58 Å². The molecular weight excluding hydrogens is 438 g/mol. The van der Waals surface area contributed by atoms with Crippen LogP contribution in [0, 0.1) is 0 Å². The van der Waals surface area contributed by atoms with Crippen LogP contribution in [-0.2, 0) is 10.3 Å². The largest absolute Gasteiger partial charge is 0.508 e. The number of benzene rings is 2. The highest BCUT2D eigenvalue weighted by atomic mass is 19.4. The molecule has 1 aliphatic rings. The smallest absolute Gasteiger partial charge is 0.429 e. The van der Waals surface area contributed by atoms with Gasteiger partial charge in [0.25, 0.3) is 5.60 Å². The summed E-state index contributed by atoms with van der Waals surface area (Å²) in [5.74, 6) is -0.300. The van der Waals surface area contributed by atoms with Crippen molar-refractivity contribution in [3.05, 3.63) is 54.1 Å². The fourth-order valence-corrected chi connectivity index (χ4v) is 4.63. The highest BCUT2D eigenvalue weighted by Gasteiger charge is 2.78. The fourth-order valence-electron chi connectivity index (χ4n) is 4.63. The highest BCUT2D eigenvalue weighted by molar-refractivity contribution is 5.89. The topological polar surface area (TPSA) is 49.7 Å². The summed E-state index contributed by atoms with van der Waals surface area (Å²) in [6.45, 7) is 4.68. The van der Waals surface area contributed by atoms with Crippen molar-refractivity contribution in [2.75, 3.05) is 0 Å². The Labute approximate surface area is 181 Å². The molecular formula is C23H24F6O3. The van der Waals surface area contributed by atoms with E-state index in [-0.39, 0.29) is 24.2 Å². The average molecular weight is 462 g/mol. The first-order valence-corrected chi connectivity index (χ1v) is 10.0. The molecule has 0 aliphatic heterocycles. The van der Waals surface area contributed by atoms with Crippen molar-refractivity contribution in [1.29, 1.82) is 0 Å². The standard InChI is InChI=1S/C23H24F6O3/c1-14(30)16-12-15-8-4-5-9-17(15)18(13-16)20(10-6-7-11-20)32-19(2,3)21(31,22(24,25)26)23(27,28)29/h4-5,8-9,12-13,30-31H,1,6-7,10-11H2,2-3H3. The Kier molecular flexibility index (Phi) is 5.84. The number of aliphatic hydroxyl groups is 2. The van der Waals surface area contributed by atoms with Crippen LogP contribution in [0.5, 0.6) is 0 Å². The van der Waals surface area contributed by atoms with Crippen molar-refractivity contribution in [2.24, 2.45) is 0 Å². The number of ether oxygens (including phenoxy) is 1. The van der Waals surface area contributed by atoms with Crippen LogP contribution < -0.4 is 0 Å². The Morgan fingerprint density at radius 1 is 0.969 bits per heavy atom. The van der Waals surface area contributed by atoms with E-state index in [1.807, 2.05) is 0 Å². The van der Waals surface area contributed by atoms with Gasteiger partial charge >= 0.3 is 12.4 Å². The number of halogens is 6. The van der Waals surface area contributed by atoms with E-state index in [4.69, 9.17) is 4.74 Å². The van der Waals surface area contributed by atoms with Crippen molar-refractivity contribution >= 4 is 16.5 Å². The summed E-state index contributed by atoms with van der Waals surface area (Å²) in [6, 6.07) is 9.90. The summed E-state index contributed by atoms with van der Waals surface area (Å²) in [6.07, 6.45) is -10.8. The Morgan fingerprint density at radius 3 is 2.00 bits per heavy atom. The molecule has 0 bridgehead atoms. The van der Waals surface area contributed by atoms with Gasteiger partial charge in [0.15, 0.2) is 0 Å². The van der Waals surface area contributed by atoms with Gasteiger partial charge in [0.2, 0.25) is 0 Å². The van der Waals surface area contributed by atoms with Crippen molar-refractivity contribution in [3.8, 4) is 0 Å². The lowest BCUT2D eigenvalue weighted by Gasteiger charge is -2.48. The molecule has 32 heavy (non-hydrogen) atoms. The molecule has 0 radical (unpaired) electrons. The van der Waals surface area contributed by atoms with Crippen molar-refractivity contribution in [1.82, 2.24) is 0 Å². The fraction of sp³-hybridized carbons (Fsp3) is 0.478. The number of rotatable bonds is 5. The Bertz CT molecular complexity index is 1000. The minimum Gasteiger partial charge on any atom is -0.508 e. The molecule has 3 rings (SSSR count). The van der Waals surface area contributed by atoms with E-state index in [1.54, 1.807) is 30.3 Å². The molecule has 2 aromatic carbocycles. The lowest BCUT2D eigenvalue weighted by molar-refractivity contribution is -0.421. The number of alkyl halides is 6. The van der Waals surface area contributed by atoms with E-state index >= 15 is 0 Å². The van der Waals surface area contributed by atoms with Crippen LogP contribution in [-0.4, -0.2) is 33.8 Å². The maximum absolute atomic E-state index is 13.6. The predicted molar refractivity (Wildman–Crippen MR) is 108 cm³/mol. The summed E-state index contributed by atoms with van der Waals surface area (Å²) in [5.41, 5.74) is -9.11. The second-order valence-corrected chi connectivity index (χ2v) is 8.71. The lowest BCUT2D eigenvalue weighted by atomic mass is 9.80. The first kappa shape index (κ1) is 24.4. The van der Waals surface area contributed by atoms with Crippen LogP contribution in [0.4, 0.5) is 26.3 Å². The van der Waals surface area contributed by atoms with Crippen LogP contribution in [0.2, 0.25) is 0 Å². The first-order valence-electron chi connectivity index (χ1n) is 10.0. The zero-order chi connectivity index (χ0) is 24.2. The van der Waals surface area contributed by atoms with E-state index < -0.39 is 29.2 Å². The third-order valence-electron chi connectivity index (χ3n) is 6.24. The molecule has 1 saturated carbocycles. The summed E-state index contributed by atoms with van der Waals surface area (Å²) < 4.78 is 87.5. The van der Waals surface area contributed by atoms with Crippen LogP contribution >= 0.6 is 0 Å². The molecule has 0 saturated heterocycles. The van der Waals surface area contributed by atoms with Gasteiger partial charge in [-0.1, -0.05) is 43.7 Å². The van der Waals surface area contributed by atoms with Gasteiger partial charge in [-0.3, -0.25) is 0 Å². The lowest BCUT2D eigenvalue weighted by Crippen LogP contribution is -2.70. The monoisotopic (exact) mass is 462 g/mol. The van der Waals surface area contributed by atoms with Crippen LogP contribution in [0.3, 0.4) is 0 Å². The molecule has 1 aliphatic carbocycles. The Morgan fingerprint density at radius 2 is 1.50 bits per heavy atom. The maximum Gasteiger partial charge on any atom is 0.429 e. The van der Waals surface area contributed by atoms with Gasteiger partial charge in [-0.25, -0.2) is 0 Å². The molecule has 0 aromatic heterocycles. The third-order valence-corrected chi connectivity index (χ3v) is 6.24. The molecule has 0 atom stereocenters. The molecule has 0 amide bonds. The Balaban J connectivity index is 2.24. The van der Waals surface area contributed by atoms with Gasteiger partial charge in [-0.05, 0) is 55.2 Å². The molecule has 1 fully saturated rings. The van der Waals surface area contributed by atoms with Gasteiger partial charge in [0.05, 0.1) is 5.60 Å². The predicted octanol–water partition coefficient (Wildman–Crippen LogP) is 6.79. The summed E-state index contributed by atoms with van der Waals surface area (Å²) in [4.78, 5) is 0. The summed E-state index contributed by atoms with van der Waals surface area (Å²) in [7, 11) is 0. The first-order chi connectivity index (χ1) is 14.6. The summed E-state index contributed by atoms with van der Waals surface area (Å²) in [5, 5.41) is 21.2. The van der Waals surface area contributed by atoms with E-state index in [1.165, 1.54) is 6.07 Å². The third kappa shape index (κ3) is 3.75. The number of aliphatic hydroxyl groups excluding tert-OH is 1. The maximum atomic E-state index is 13.6. The summed E-state index contributed by atoms with van der Waals surface area (Å²) >= 11 is 0. The zero-order valence-corrected chi connectivity index (χ0v) is 17.6. The quantitative estimate of drug-likeness (QED) is 0.380. The van der Waals surface area contributed by atoms with Crippen LogP contribution in [0.25, 0.3) is 16.5 Å². The normalized spacial score (nSPS) is 17.7. The molecule has 2 N–H and O–H groups in total. The molecule has 0 spiro atoms. The molecule has 9 heteroatoms. The average Bonchev–Trinajstić information content (AvgIpc) is 3.13. The number of fused-ring (bicyclic) bond motifs is 1. The van der Waals surface area contributed by atoms with E-state index in [0.29, 0.717) is 43.0 Å². The van der Waals surface area contributed by atoms with Crippen molar-refractivity contribution in [3.63, 3.8) is 0 Å². The number of hydrogen-bond acceptors (Lipinski definition) is 3. The van der Waals surface area contributed by atoms with Crippen LogP contribution in [0.1, 0.15) is 50.7 Å². The van der Waals surface area contributed by atoms with Gasteiger partial charge in [-0.15, -0.1) is 0 Å². The molecule has 2 aromatic rings. The van der Waals surface area contributed by atoms with E-state index in [9.17, 15) is 36.6 Å². The second kappa shape index (κ2) is 7.66.